The molecule has 0 fully saturated rings. The summed E-state index contributed by atoms with van der Waals surface area (Å²) in [5.41, 5.74) is 31.7. The first-order valence-corrected chi connectivity index (χ1v) is 30.6. The second-order valence-electron chi connectivity index (χ2n) is 25.8. The Morgan fingerprint density at radius 1 is 0.186 bits per heavy atom. The van der Waals surface area contributed by atoms with Gasteiger partial charge in [-0.2, -0.15) is 0 Å². The van der Waals surface area contributed by atoms with Crippen LogP contribution in [0, 0.1) is 27.7 Å². The van der Waals surface area contributed by atoms with Crippen LogP contribution < -0.4 is 0 Å². The van der Waals surface area contributed by atoms with Crippen molar-refractivity contribution in [2.45, 2.75) is 80.1 Å². The summed E-state index contributed by atoms with van der Waals surface area (Å²) in [5, 5.41) is 4.78. The maximum Gasteiger partial charge on any atom is -0.00137 e. The lowest BCUT2D eigenvalue weighted by molar-refractivity contribution is 0.589. The van der Waals surface area contributed by atoms with Crippen molar-refractivity contribution in [3.63, 3.8) is 0 Å². The van der Waals surface area contributed by atoms with Crippen LogP contribution in [0.5, 0.6) is 0 Å². The molecule has 0 N–H and O–H groups in total. The van der Waals surface area contributed by atoms with Gasteiger partial charge < -0.3 is 0 Å². The molecule has 0 unspecified atom stereocenters. The molecule has 0 spiro atoms. The lowest BCUT2D eigenvalue weighted by Crippen LogP contribution is -2.12. The summed E-state index contributed by atoms with van der Waals surface area (Å²) >= 11 is 0. The molecule has 0 amide bonds. The van der Waals surface area contributed by atoms with Gasteiger partial charge in [0.25, 0.3) is 0 Å². The molecule has 0 bridgehead atoms. The van der Waals surface area contributed by atoms with E-state index in [1.54, 1.807) is 0 Å². The van der Waals surface area contributed by atoms with Crippen molar-refractivity contribution in [3.8, 4) is 111 Å². The molecule has 13 aromatic rings. The zero-order chi connectivity index (χ0) is 59.4. The molecular formula is C86H74. The molecule has 0 aliphatic heterocycles. The predicted molar refractivity (Wildman–Crippen MR) is 372 cm³/mol. The first-order valence-electron chi connectivity index (χ1n) is 30.6. The highest BCUT2D eigenvalue weighted by molar-refractivity contribution is 6.27. The summed E-state index contributed by atoms with van der Waals surface area (Å²) in [6, 6.07) is 101. The average molecular weight is 1110 g/mol. The first-order chi connectivity index (χ1) is 41.6. The SMILES string of the molecule is Cc1cc(C(C)(C)C)cc(C)c1-c1ccc2c(-c3c(-c4ccccc4)cc(-c4ccccc4)cc3-c3ccccc3)c3cc(-c4c(C)cc(C(C)(C)C)cc4C)ccc3c(-c3c(-c4ccccc4)cc(-c4ccccc4)cc3-c3ccccc3)c2c1. The van der Waals surface area contributed by atoms with E-state index in [0.717, 1.165) is 0 Å². The summed E-state index contributed by atoms with van der Waals surface area (Å²) < 4.78 is 0. The molecule has 86 heavy (non-hydrogen) atoms. The number of benzene rings is 13. The number of rotatable bonds is 10. The minimum atomic E-state index is -0.000440. The van der Waals surface area contributed by atoms with Gasteiger partial charge in [-0.05, 0) is 241 Å². The highest BCUT2D eigenvalue weighted by atomic mass is 14.3. The molecule has 0 nitrogen and oxygen atoms in total. The summed E-state index contributed by atoms with van der Waals surface area (Å²) in [7, 11) is 0. The Hall–Kier alpha value is -9.62. The minimum Gasteiger partial charge on any atom is -0.0622 e. The van der Waals surface area contributed by atoms with Crippen molar-refractivity contribution in [2.24, 2.45) is 0 Å². The van der Waals surface area contributed by atoms with E-state index in [9.17, 15) is 0 Å². The van der Waals surface area contributed by atoms with Crippen molar-refractivity contribution in [1.29, 1.82) is 0 Å². The third-order valence-corrected chi connectivity index (χ3v) is 17.8. The van der Waals surface area contributed by atoms with Crippen LogP contribution in [0.2, 0.25) is 0 Å². The van der Waals surface area contributed by atoms with E-state index in [2.05, 4.69) is 336 Å². The molecule has 0 heterocycles. The van der Waals surface area contributed by atoms with E-state index >= 15 is 0 Å². The second kappa shape index (κ2) is 22.4. The molecule has 0 heteroatoms. The molecule has 0 atom stereocenters. The van der Waals surface area contributed by atoms with Crippen LogP contribution in [-0.2, 0) is 10.8 Å². The number of aryl methyl sites for hydroxylation is 4. The van der Waals surface area contributed by atoms with E-state index in [-0.39, 0.29) is 10.8 Å². The van der Waals surface area contributed by atoms with E-state index in [4.69, 9.17) is 0 Å². The average Bonchev–Trinajstić information content (AvgIpc) is 0.740. The fourth-order valence-electron chi connectivity index (χ4n) is 13.6. The van der Waals surface area contributed by atoms with Gasteiger partial charge in [-0.15, -0.1) is 0 Å². The van der Waals surface area contributed by atoms with Gasteiger partial charge in [-0.25, -0.2) is 0 Å². The van der Waals surface area contributed by atoms with Crippen LogP contribution >= 0.6 is 0 Å². The maximum absolute atomic E-state index is 2.56. The van der Waals surface area contributed by atoms with E-state index in [1.165, 1.54) is 166 Å². The summed E-state index contributed by atoms with van der Waals surface area (Å²) in [4.78, 5) is 0. The van der Waals surface area contributed by atoms with Gasteiger partial charge in [0.05, 0.1) is 0 Å². The lowest BCUT2D eigenvalue weighted by Gasteiger charge is -2.27. The van der Waals surface area contributed by atoms with Crippen LogP contribution in [0.3, 0.4) is 0 Å². The van der Waals surface area contributed by atoms with Gasteiger partial charge in [0.1, 0.15) is 0 Å². The summed E-state index contributed by atoms with van der Waals surface area (Å²) in [6.07, 6.45) is 0. The number of hydrogen-bond donors (Lipinski definition) is 0. The molecule has 0 aliphatic carbocycles. The van der Waals surface area contributed by atoms with Crippen molar-refractivity contribution in [3.05, 3.63) is 300 Å². The summed E-state index contributed by atoms with van der Waals surface area (Å²) in [6.45, 7) is 23.2. The molecule has 13 aromatic carbocycles. The van der Waals surface area contributed by atoms with E-state index in [0.29, 0.717) is 0 Å². The molecule has 0 saturated heterocycles. The van der Waals surface area contributed by atoms with E-state index in [1.807, 2.05) is 0 Å². The molecule has 0 radical (unpaired) electrons. The van der Waals surface area contributed by atoms with Crippen molar-refractivity contribution < 1.29 is 0 Å². The Labute approximate surface area is 510 Å². The van der Waals surface area contributed by atoms with Gasteiger partial charge >= 0.3 is 0 Å². The zero-order valence-corrected chi connectivity index (χ0v) is 51.4. The molecule has 13 rings (SSSR count). The Balaban J connectivity index is 1.28. The maximum atomic E-state index is 2.56. The quantitative estimate of drug-likeness (QED) is 0.120. The monoisotopic (exact) mass is 1110 g/mol. The third kappa shape index (κ3) is 10.4. The zero-order valence-electron chi connectivity index (χ0n) is 51.4. The fourth-order valence-corrected chi connectivity index (χ4v) is 13.6. The standard InChI is InChI=1S/C86H74/c1-55-45-69(85(5,6)7)46-56(2)79(55)65-41-43-71-77(49-65)81(83-73(61-33-21-13-22-34-61)51-67(59-29-17-11-18-30-59)52-74(83)62-35-23-14-24-36-62)72-44-42-66(80-57(3)47-70(48-58(80)4)86(8,9)10)50-78(72)82(71)84-75(63-37-25-15-26-38-63)53-68(60-31-19-12-20-32-60)54-76(84)64-39-27-16-28-40-64/h11-54H,1-10H3. The van der Waals surface area contributed by atoms with Crippen LogP contribution in [-0.4, -0.2) is 0 Å². The Morgan fingerprint density at radius 3 is 0.674 bits per heavy atom. The molecule has 0 aliphatic rings. The lowest BCUT2D eigenvalue weighted by atomic mass is 9.76. The topological polar surface area (TPSA) is 0 Å². The largest absolute Gasteiger partial charge is 0.0622 e. The van der Waals surface area contributed by atoms with Crippen molar-refractivity contribution >= 4 is 21.5 Å². The minimum absolute atomic E-state index is 0.000440. The van der Waals surface area contributed by atoms with Crippen LogP contribution in [0.25, 0.3) is 133 Å². The second-order valence-corrected chi connectivity index (χ2v) is 25.8. The highest BCUT2D eigenvalue weighted by Gasteiger charge is 2.29. The Kier molecular flexibility index (Phi) is 14.5. The van der Waals surface area contributed by atoms with Gasteiger partial charge in [0.2, 0.25) is 0 Å². The van der Waals surface area contributed by atoms with Gasteiger partial charge in [-0.3, -0.25) is 0 Å². The molecule has 418 valence electrons. The van der Waals surface area contributed by atoms with Gasteiger partial charge in [0, 0.05) is 0 Å². The van der Waals surface area contributed by atoms with Crippen molar-refractivity contribution in [1.82, 2.24) is 0 Å². The number of fused-ring (bicyclic) bond motifs is 2. The van der Waals surface area contributed by atoms with E-state index < -0.39 is 0 Å². The normalized spacial score (nSPS) is 11.8. The third-order valence-electron chi connectivity index (χ3n) is 17.8. The molecule has 0 saturated carbocycles. The Morgan fingerprint density at radius 2 is 0.430 bits per heavy atom. The Bertz CT molecular complexity index is 4200. The highest BCUT2D eigenvalue weighted by Crippen LogP contribution is 2.55. The molecule has 0 aromatic heterocycles. The van der Waals surface area contributed by atoms with Gasteiger partial charge in [-0.1, -0.05) is 272 Å². The van der Waals surface area contributed by atoms with Crippen LogP contribution in [0.15, 0.2) is 267 Å². The van der Waals surface area contributed by atoms with Gasteiger partial charge in [0.15, 0.2) is 0 Å². The number of hydrogen-bond acceptors (Lipinski definition) is 0. The smallest absolute Gasteiger partial charge is 0.00137 e. The van der Waals surface area contributed by atoms with Crippen LogP contribution in [0.1, 0.15) is 74.9 Å². The predicted octanol–water partition coefficient (Wildman–Crippen LogP) is 24.5. The fraction of sp³-hybridized carbons (Fsp3) is 0.140. The summed E-state index contributed by atoms with van der Waals surface area (Å²) in [5.74, 6) is 0. The van der Waals surface area contributed by atoms with Crippen LogP contribution in [0.4, 0.5) is 0 Å². The molecular weight excluding hydrogens is 1030 g/mol. The van der Waals surface area contributed by atoms with Crippen molar-refractivity contribution in [2.75, 3.05) is 0 Å². The first kappa shape index (κ1) is 55.6.